The molecule has 0 aliphatic carbocycles. The highest BCUT2D eigenvalue weighted by atomic mass is 16.5. The summed E-state index contributed by atoms with van der Waals surface area (Å²) in [6.45, 7) is 3.89. The normalized spacial score (nSPS) is 12.2. The number of ether oxygens (including phenoxy) is 1. The summed E-state index contributed by atoms with van der Waals surface area (Å²) in [5, 5.41) is 6.07. The van der Waals surface area contributed by atoms with Crippen molar-refractivity contribution in [2.75, 3.05) is 6.61 Å². The predicted molar refractivity (Wildman–Crippen MR) is 113 cm³/mol. The molecule has 4 aromatic rings. The van der Waals surface area contributed by atoms with Crippen LogP contribution in [0.1, 0.15) is 25.3 Å². The van der Waals surface area contributed by atoms with E-state index in [0.29, 0.717) is 22.9 Å². The lowest BCUT2D eigenvalue weighted by molar-refractivity contribution is -0.144. The first kappa shape index (κ1) is 18.8. The van der Waals surface area contributed by atoms with Gasteiger partial charge in [0.2, 0.25) is 0 Å². The second-order valence-corrected chi connectivity index (χ2v) is 7.04. The predicted octanol–water partition coefficient (Wildman–Crippen LogP) is 3.82. The van der Waals surface area contributed by atoms with Crippen molar-refractivity contribution in [3.05, 3.63) is 70.8 Å². The SMILES string of the molecule is CCOC(=O)C(C)c1ccc2ccc3ncc(-c4cnn(C)c4)cc3c(=O)c2c1. The molecule has 0 N–H and O–H groups in total. The van der Waals surface area contributed by atoms with Gasteiger partial charge in [-0.25, -0.2) is 0 Å². The van der Waals surface area contributed by atoms with Crippen molar-refractivity contribution in [2.45, 2.75) is 19.8 Å². The van der Waals surface area contributed by atoms with Gasteiger partial charge in [-0.3, -0.25) is 19.3 Å². The zero-order valence-corrected chi connectivity index (χ0v) is 16.5. The Labute approximate surface area is 167 Å². The number of carbonyl (C=O) groups excluding carboxylic acids is 1. The van der Waals surface area contributed by atoms with Gasteiger partial charge >= 0.3 is 5.97 Å². The Kier molecular flexibility index (Phi) is 4.84. The molecule has 0 saturated heterocycles. The third-order valence-corrected chi connectivity index (χ3v) is 5.08. The van der Waals surface area contributed by atoms with Crippen molar-refractivity contribution in [2.24, 2.45) is 7.05 Å². The van der Waals surface area contributed by atoms with Gasteiger partial charge in [-0.15, -0.1) is 0 Å². The fraction of sp³-hybridized carbons (Fsp3) is 0.217. The summed E-state index contributed by atoms with van der Waals surface area (Å²) < 4.78 is 6.83. The Morgan fingerprint density at radius 2 is 1.90 bits per heavy atom. The van der Waals surface area contributed by atoms with Gasteiger partial charge in [0, 0.05) is 41.3 Å². The van der Waals surface area contributed by atoms with Crippen LogP contribution in [0.4, 0.5) is 0 Å². The molecule has 2 aromatic carbocycles. The van der Waals surface area contributed by atoms with Crippen molar-refractivity contribution >= 4 is 27.6 Å². The molecule has 1 atom stereocenters. The van der Waals surface area contributed by atoms with E-state index in [1.807, 2.05) is 43.6 Å². The smallest absolute Gasteiger partial charge is 0.313 e. The van der Waals surface area contributed by atoms with E-state index >= 15 is 0 Å². The fourth-order valence-corrected chi connectivity index (χ4v) is 3.42. The van der Waals surface area contributed by atoms with Crippen LogP contribution < -0.4 is 5.43 Å². The fourth-order valence-electron chi connectivity index (χ4n) is 3.42. The van der Waals surface area contributed by atoms with Crippen molar-refractivity contribution in [3.8, 4) is 11.1 Å². The maximum atomic E-state index is 13.4. The van der Waals surface area contributed by atoms with E-state index in [1.165, 1.54) is 0 Å². The highest BCUT2D eigenvalue weighted by Crippen LogP contribution is 2.24. The zero-order valence-electron chi connectivity index (χ0n) is 16.5. The van der Waals surface area contributed by atoms with Crippen LogP contribution in [0.5, 0.6) is 0 Å². The van der Waals surface area contributed by atoms with Crippen LogP contribution in [-0.2, 0) is 16.6 Å². The number of aryl methyl sites for hydroxylation is 1. The summed E-state index contributed by atoms with van der Waals surface area (Å²) in [4.78, 5) is 30.0. The van der Waals surface area contributed by atoms with E-state index in [0.717, 1.165) is 22.1 Å². The van der Waals surface area contributed by atoms with Crippen molar-refractivity contribution < 1.29 is 9.53 Å². The van der Waals surface area contributed by atoms with Gasteiger partial charge in [0.1, 0.15) is 0 Å². The number of carbonyl (C=O) groups is 1. The van der Waals surface area contributed by atoms with Crippen LogP contribution in [0.3, 0.4) is 0 Å². The number of fused-ring (bicyclic) bond motifs is 2. The second kappa shape index (κ2) is 7.47. The maximum absolute atomic E-state index is 13.4. The van der Waals surface area contributed by atoms with Gasteiger partial charge in [0.25, 0.3) is 0 Å². The third-order valence-electron chi connectivity index (χ3n) is 5.08. The average molecular weight is 387 g/mol. The first-order valence-electron chi connectivity index (χ1n) is 9.50. The van der Waals surface area contributed by atoms with E-state index in [2.05, 4.69) is 10.1 Å². The molecule has 0 aliphatic rings. The lowest BCUT2D eigenvalue weighted by atomic mass is 9.98. The quantitative estimate of drug-likeness (QED) is 0.498. The lowest BCUT2D eigenvalue weighted by Crippen LogP contribution is -2.13. The van der Waals surface area contributed by atoms with E-state index < -0.39 is 5.92 Å². The zero-order chi connectivity index (χ0) is 20.5. The Hall–Kier alpha value is -3.54. The molecule has 0 saturated carbocycles. The molecular formula is C23H21N3O3. The van der Waals surface area contributed by atoms with Gasteiger partial charge in [-0.1, -0.05) is 18.2 Å². The average Bonchev–Trinajstić information content (AvgIpc) is 3.11. The molecule has 6 heteroatoms. The van der Waals surface area contributed by atoms with Crippen LogP contribution >= 0.6 is 0 Å². The molecule has 0 spiro atoms. The summed E-state index contributed by atoms with van der Waals surface area (Å²) in [6, 6.07) is 11.1. The molecule has 0 aliphatic heterocycles. The van der Waals surface area contributed by atoms with Crippen LogP contribution in [-0.4, -0.2) is 27.3 Å². The molecule has 29 heavy (non-hydrogen) atoms. The summed E-state index contributed by atoms with van der Waals surface area (Å²) in [5.74, 6) is -0.746. The molecule has 0 fully saturated rings. The molecule has 0 bridgehead atoms. The van der Waals surface area contributed by atoms with E-state index in [9.17, 15) is 9.59 Å². The molecule has 6 nitrogen and oxygen atoms in total. The number of hydrogen-bond donors (Lipinski definition) is 0. The van der Waals surface area contributed by atoms with Crippen LogP contribution in [0.25, 0.3) is 32.8 Å². The van der Waals surface area contributed by atoms with Gasteiger partial charge < -0.3 is 4.74 Å². The number of esters is 1. The molecule has 146 valence electrons. The van der Waals surface area contributed by atoms with Gasteiger partial charge in [0.15, 0.2) is 5.43 Å². The lowest BCUT2D eigenvalue weighted by Gasteiger charge is -2.11. The number of nitrogens with zero attached hydrogens (tertiary/aromatic N) is 3. The molecule has 4 rings (SSSR count). The van der Waals surface area contributed by atoms with Crippen molar-refractivity contribution in [1.29, 1.82) is 0 Å². The highest BCUT2D eigenvalue weighted by molar-refractivity contribution is 5.94. The van der Waals surface area contributed by atoms with Gasteiger partial charge in [-0.05, 0) is 43.0 Å². The number of hydrogen-bond acceptors (Lipinski definition) is 5. The molecule has 2 heterocycles. The highest BCUT2D eigenvalue weighted by Gasteiger charge is 2.17. The van der Waals surface area contributed by atoms with Crippen molar-refractivity contribution in [3.63, 3.8) is 0 Å². The van der Waals surface area contributed by atoms with Crippen LogP contribution in [0.2, 0.25) is 0 Å². The van der Waals surface area contributed by atoms with E-state index in [1.54, 1.807) is 37.0 Å². The summed E-state index contributed by atoms with van der Waals surface area (Å²) in [6.07, 6.45) is 5.37. The van der Waals surface area contributed by atoms with Gasteiger partial charge in [0.05, 0.1) is 24.2 Å². The van der Waals surface area contributed by atoms with Gasteiger partial charge in [-0.2, -0.15) is 5.10 Å². The maximum Gasteiger partial charge on any atom is 0.313 e. The molecule has 0 radical (unpaired) electrons. The Bertz CT molecular complexity index is 1290. The van der Waals surface area contributed by atoms with Crippen LogP contribution in [0.15, 0.2) is 59.8 Å². The minimum absolute atomic E-state index is 0.115. The summed E-state index contributed by atoms with van der Waals surface area (Å²) in [5.41, 5.74) is 2.99. The molecular weight excluding hydrogens is 366 g/mol. The van der Waals surface area contributed by atoms with Crippen molar-refractivity contribution in [1.82, 2.24) is 14.8 Å². The number of benzene rings is 1. The topological polar surface area (TPSA) is 74.1 Å². The second-order valence-electron chi connectivity index (χ2n) is 7.04. The third kappa shape index (κ3) is 3.49. The number of pyridine rings is 1. The number of rotatable bonds is 4. The number of aromatic nitrogens is 3. The molecule has 0 amide bonds. The standard InChI is InChI=1S/C23H21N3O3/c1-4-29-23(28)14(2)16-6-5-15-7-8-21-20(22(27)19(15)9-16)10-17(11-24-21)18-12-25-26(3)13-18/h5-14H,4H2,1-3H3. The first-order valence-corrected chi connectivity index (χ1v) is 9.50. The summed E-state index contributed by atoms with van der Waals surface area (Å²) in [7, 11) is 1.84. The van der Waals surface area contributed by atoms with Crippen LogP contribution in [0, 0.1) is 0 Å². The summed E-state index contributed by atoms with van der Waals surface area (Å²) >= 11 is 0. The minimum Gasteiger partial charge on any atom is -0.466 e. The Balaban J connectivity index is 1.91. The minimum atomic E-state index is -0.445. The largest absolute Gasteiger partial charge is 0.466 e. The first-order chi connectivity index (χ1) is 14.0. The monoisotopic (exact) mass is 387 g/mol. The molecule has 1 unspecified atom stereocenters. The Morgan fingerprint density at radius 1 is 1.10 bits per heavy atom. The molecule has 2 aromatic heterocycles. The van der Waals surface area contributed by atoms with E-state index in [-0.39, 0.29) is 11.4 Å². The van der Waals surface area contributed by atoms with E-state index in [4.69, 9.17) is 4.74 Å². The Morgan fingerprint density at radius 3 is 2.62 bits per heavy atom.